The molecule has 0 spiro atoms. The normalized spacial score (nSPS) is 26.7. The van der Waals surface area contributed by atoms with Crippen LogP contribution in [0.15, 0.2) is 24.3 Å². The highest BCUT2D eigenvalue weighted by atomic mass is 19.4. The summed E-state index contributed by atoms with van der Waals surface area (Å²) in [4.78, 5) is 0. The van der Waals surface area contributed by atoms with E-state index < -0.39 is 11.9 Å². The van der Waals surface area contributed by atoms with Gasteiger partial charge in [0.1, 0.15) is 5.75 Å². The average Bonchev–Trinajstić information content (AvgIpc) is 2.65. The summed E-state index contributed by atoms with van der Waals surface area (Å²) in [7, 11) is 0. The van der Waals surface area contributed by atoms with Crippen molar-refractivity contribution in [2.24, 2.45) is 11.1 Å². The Morgan fingerprint density at radius 2 is 1.65 bits per heavy atom. The van der Waals surface area contributed by atoms with E-state index in [4.69, 9.17) is 5.73 Å². The molecule has 1 aliphatic rings. The Morgan fingerprint density at radius 3 is 2.00 bits per heavy atom. The lowest BCUT2D eigenvalue weighted by Gasteiger charge is -2.16. The molecule has 5 heteroatoms. The van der Waals surface area contributed by atoms with Crippen molar-refractivity contribution in [3.63, 3.8) is 0 Å². The molecule has 0 heterocycles. The van der Waals surface area contributed by atoms with E-state index in [0.717, 1.165) is 12.0 Å². The van der Waals surface area contributed by atoms with Crippen LogP contribution in [0.4, 0.5) is 13.2 Å². The monoisotopic (exact) mass is 245 g/mol. The zero-order chi connectivity index (χ0) is 12.9. The number of rotatable bonds is 2. The lowest BCUT2D eigenvalue weighted by atomic mass is 9.97. The molecule has 94 valence electrons. The second kappa shape index (κ2) is 3.38. The van der Waals surface area contributed by atoms with Crippen molar-refractivity contribution in [2.75, 3.05) is 0 Å². The number of ether oxygens (including phenoxy) is 1. The molecular weight excluding hydrogens is 231 g/mol. The predicted octanol–water partition coefficient (Wildman–Crippen LogP) is 3.17. The predicted molar refractivity (Wildman–Crippen MR) is 57.4 cm³/mol. The zero-order valence-electron chi connectivity index (χ0n) is 9.64. The summed E-state index contributed by atoms with van der Waals surface area (Å²) in [6.45, 7) is 4.07. The molecule has 0 aliphatic heterocycles. The van der Waals surface area contributed by atoms with Gasteiger partial charge in [0, 0.05) is 5.54 Å². The molecule has 0 aromatic heterocycles. The summed E-state index contributed by atoms with van der Waals surface area (Å²) in [5.41, 5.74) is 6.58. The van der Waals surface area contributed by atoms with E-state index in [1.54, 1.807) is 12.1 Å². The van der Waals surface area contributed by atoms with Gasteiger partial charge in [-0.15, -0.1) is 13.2 Å². The van der Waals surface area contributed by atoms with Crippen molar-refractivity contribution >= 4 is 0 Å². The van der Waals surface area contributed by atoms with E-state index in [2.05, 4.69) is 4.74 Å². The van der Waals surface area contributed by atoms with E-state index >= 15 is 0 Å². The van der Waals surface area contributed by atoms with Crippen molar-refractivity contribution in [1.82, 2.24) is 0 Å². The minimum absolute atomic E-state index is 0.000594. The summed E-state index contributed by atoms with van der Waals surface area (Å²) in [6, 6.07) is 5.78. The molecule has 1 unspecified atom stereocenters. The fourth-order valence-electron chi connectivity index (χ4n) is 2.10. The quantitative estimate of drug-likeness (QED) is 0.868. The van der Waals surface area contributed by atoms with Gasteiger partial charge in [0.15, 0.2) is 0 Å². The molecule has 17 heavy (non-hydrogen) atoms. The van der Waals surface area contributed by atoms with Gasteiger partial charge >= 0.3 is 6.36 Å². The van der Waals surface area contributed by atoms with Crippen molar-refractivity contribution < 1.29 is 17.9 Å². The first-order valence-corrected chi connectivity index (χ1v) is 5.29. The lowest BCUT2D eigenvalue weighted by Crippen LogP contribution is -2.25. The number of benzene rings is 1. The lowest BCUT2D eigenvalue weighted by molar-refractivity contribution is -0.274. The molecule has 1 aromatic rings. The Bertz CT molecular complexity index is 424. The SMILES string of the molecule is CC1(C)CC1(N)c1ccc(OC(F)(F)F)cc1. The molecule has 1 atom stereocenters. The Morgan fingerprint density at radius 1 is 1.18 bits per heavy atom. The Balaban J connectivity index is 2.15. The Hall–Kier alpha value is -1.23. The largest absolute Gasteiger partial charge is 0.573 e. The molecule has 0 amide bonds. The standard InChI is InChI=1S/C12H14F3NO/c1-10(2)7-11(10,16)8-3-5-9(6-4-8)17-12(13,14)15/h3-6H,7,16H2,1-2H3. The minimum atomic E-state index is -4.65. The fourth-order valence-corrected chi connectivity index (χ4v) is 2.10. The number of alkyl halides is 3. The van der Waals surface area contributed by atoms with E-state index in [1.807, 2.05) is 13.8 Å². The topological polar surface area (TPSA) is 35.2 Å². The minimum Gasteiger partial charge on any atom is -0.406 e. The average molecular weight is 245 g/mol. The maximum absolute atomic E-state index is 12.0. The first kappa shape index (κ1) is 12.2. The molecule has 1 aromatic carbocycles. The maximum Gasteiger partial charge on any atom is 0.573 e. The van der Waals surface area contributed by atoms with Gasteiger partial charge in [0.25, 0.3) is 0 Å². The van der Waals surface area contributed by atoms with Crippen LogP contribution in [0.2, 0.25) is 0 Å². The van der Waals surface area contributed by atoms with Gasteiger partial charge in [0.05, 0.1) is 0 Å². The van der Waals surface area contributed by atoms with E-state index in [1.165, 1.54) is 12.1 Å². The number of halogens is 3. The molecule has 2 nitrogen and oxygen atoms in total. The van der Waals surface area contributed by atoms with Crippen LogP contribution in [-0.4, -0.2) is 6.36 Å². The van der Waals surface area contributed by atoms with Crippen LogP contribution in [0.25, 0.3) is 0 Å². The van der Waals surface area contributed by atoms with Gasteiger partial charge in [0.2, 0.25) is 0 Å². The summed E-state index contributed by atoms with van der Waals surface area (Å²) in [5, 5.41) is 0. The third-order valence-corrected chi connectivity index (χ3v) is 3.41. The van der Waals surface area contributed by atoms with Gasteiger partial charge in [-0.25, -0.2) is 0 Å². The molecule has 1 fully saturated rings. The molecule has 0 saturated heterocycles. The Kier molecular flexibility index (Phi) is 2.43. The van der Waals surface area contributed by atoms with Crippen LogP contribution in [0.3, 0.4) is 0 Å². The summed E-state index contributed by atoms with van der Waals surface area (Å²) in [5.74, 6) is -0.219. The summed E-state index contributed by atoms with van der Waals surface area (Å²) < 4.78 is 39.7. The van der Waals surface area contributed by atoms with Gasteiger partial charge < -0.3 is 10.5 Å². The Labute approximate surface area is 97.6 Å². The molecule has 1 aliphatic carbocycles. The van der Waals surface area contributed by atoms with Crippen LogP contribution in [0, 0.1) is 5.41 Å². The van der Waals surface area contributed by atoms with E-state index in [-0.39, 0.29) is 11.2 Å². The van der Waals surface area contributed by atoms with Crippen LogP contribution in [0.1, 0.15) is 25.8 Å². The van der Waals surface area contributed by atoms with E-state index in [9.17, 15) is 13.2 Å². The van der Waals surface area contributed by atoms with Crippen molar-refractivity contribution in [1.29, 1.82) is 0 Å². The molecule has 2 rings (SSSR count). The van der Waals surface area contributed by atoms with Gasteiger partial charge in [-0.2, -0.15) is 0 Å². The van der Waals surface area contributed by atoms with Crippen molar-refractivity contribution in [3.8, 4) is 5.75 Å². The van der Waals surface area contributed by atoms with Crippen LogP contribution in [-0.2, 0) is 5.54 Å². The second-order valence-corrected chi connectivity index (χ2v) is 5.10. The highest BCUT2D eigenvalue weighted by molar-refractivity contribution is 5.38. The molecule has 0 bridgehead atoms. The highest BCUT2D eigenvalue weighted by Crippen LogP contribution is 2.60. The highest BCUT2D eigenvalue weighted by Gasteiger charge is 2.59. The number of nitrogens with two attached hydrogens (primary N) is 1. The maximum atomic E-state index is 12.0. The summed E-state index contributed by atoms with van der Waals surface area (Å²) in [6.07, 6.45) is -3.82. The number of hydrogen-bond acceptors (Lipinski definition) is 2. The smallest absolute Gasteiger partial charge is 0.406 e. The van der Waals surface area contributed by atoms with Crippen molar-refractivity contribution in [2.45, 2.75) is 32.2 Å². The first-order chi connectivity index (χ1) is 7.64. The second-order valence-electron chi connectivity index (χ2n) is 5.10. The molecule has 0 radical (unpaired) electrons. The van der Waals surface area contributed by atoms with Crippen LogP contribution >= 0.6 is 0 Å². The third kappa shape index (κ3) is 2.24. The fraction of sp³-hybridized carbons (Fsp3) is 0.500. The van der Waals surface area contributed by atoms with Gasteiger partial charge in [-0.1, -0.05) is 26.0 Å². The van der Waals surface area contributed by atoms with Gasteiger partial charge in [-0.3, -0.25) is 0 Å². The van der Waals surface area contributed by atoms with Crippen molar-refractivity contribution in [3.05, 3.63) is 29.8 Å². The molecule has 2 N–H and O–H groups in total. The first-order valence-electron chi connectivity index (χ1n) is 5.29. The zero-order valence-corrected chi connectivity index (χ0v) is 9.64. The van der Waals surface area contributed by atoms with E-state index in [0.29, 0.717) is 0 Å². The molecule has 1 saturated carbocycles. The summed E-state index contributed by atoms with van der Waals surface area (Å²) >= 11 is 0. The van der Waals surface area contributed by atoms with Crippen LogP contribution in [0.5, 0.6) is 5.75 Å². The third-order valence-electron chi connectivity index (χ3n) is 3.41. The van der Waals surface area contributed by atoms with Crippen LogP contribution < -0.4 is 10.5 Å². The van der Waals surface area contributed by atoms with Gasteiger partial charge in [-0.05, 0) is 29.5 Å². The molecular formula is C12H14F3NO. The number of hydrogen-bond donors (Lipinski definition) is 1.